The number of anilines is 1. The van der Waals surface area contributed by atoms with Gasteiger partial charge in [-0.2, -0.15) is 0 Å². The summed E-state index contributed by atoms with van der Waals surface area (Å²) in [5.41, 5.74) is 5.87. The molecule has 2 unspecified atom stereocenters. The van der Waals surface area contributed by atoms with E-state index in [1.807, 2.05) is 0 Å². The van der Waals surface area contributed by atoms with Crippen LogP contribution in [0.3, 0.4) is 0 Å². The van der Waals surface area contributed by atoms with Crippen LogP contribution in [0.1, 0.15) is 22.0 Å². The molecule has 5 N–H and O–H groups in total. The van der Waals surface area contributed by atoms with Crippen LogP contribution in [0.2, 0.25) is 0 Å². The average Bonchev–Trinajstić information content (AvgIpc) is 2.26. The van der Waals surface area contributed by atoms with Crippen molar-refractivity contribution in [3.63, 3.8) is 0 Å². The van der Waals surface area contributed by atoms with E-state index in [2.05, 4.69) is 0 Å². The van der Waals surface area contributed by atoms with Crippen molar-refractivity contribution in [3.05, 3.63) is 29.3 Å². The van der Waals surface area contributed by atoms with Gasteiger partial charge in [-0.05, 0) is 23.8 Å². The maximum Gasteiger partial charge on any atom is 0.335 e. The molecule has 0 aromatic heterocycles. The number of alkyl halides is 1. The molecule has 6 heteroatoms. The van der Waals surface area contributed by atoms with Crippen molar-refractivity contribution in [3.8, 4) is 0 Å². The van der Waals surface area contributed by atoms with E-state index in [0.29, 0.717) is 0 Å². The first-order valence-electron chi connectivity index (χ1n) is 4.51. The van der Waals surface area contributed by atoms with E-state index in [1.54, 1.807) is 0 Å². The van der Waals surface area contributed by atoms with Gasteiger partial charge in [0.05, 0.1) is 17.5 Å². The summed E-state index contributed by atoms with van der Waals surface area (Å²) in [5.74, 6) is -1.31. The Labute approximate surface area is 97.1 Å². The first kappa shape index (κ1) is 12.8. The second kappa shape index (κ2) is 5.16. The zero-order chi connectivity index (χ0) is 12.3. The molecule has 0 amide bonds. The number of halogens is 1. The Kier molecular flexibility index (Phi) is 4.12. The summed E-state index contributed by atoms with van der Waals surface area (Å²) in [4.78, 5) is 10.7. The smallest absolute Gasteiger partial charge is 0.335 e. The highest BCUT2D eigenvalue weighted by Gasteiger charge is 2.19. The van der Waals surface area contributed by atoms with Gasteiger partial charge in [-0.1, -0.05) is 0 Å². The predicted octanol–water partition coefficient (Wildman–Crippen LogP) is 0.600. The maximum atomic E-state index is 10.7. The second-order valence-electron chi connectivity index (χ2n) is 3.36. The largest absolute Gasteiger partial charge is 0.478 e. The van der Waals surface area contributed by atoms with Crippen LogP contribution in [-0.4, -0.2) is 33.3 Å². The Morgan fingerprint density at radius 3 is 2.50 bits per heavy atom. The number of aliphatic hydroxyl groups excluding tert-OH is 2. The lowest BCUT2D eigenvalue weighted by Crippen LogP contribution is -2.20. The van der Waals surface area contributed by atoms with Crippen LogP contribution >= 0.6 is 11.6 Å². The molecule has 5 nitrogen and oxygen atoms in total. The number of nitrogens with two attached hydrogens (primary N) is 1. The quantitative estimate of drug-likeness (QED) is 0.459. The van der Waals surface area contributed by atoms with Gasteiger partial charge in [0.25, 0.3) is 0 Å². The summed E-state index contributed by atoms with van der Waals surface area (Å²) < 4.78 is 0. The highest BCUT2D eigenvalue weighted by atomic mass is 35.5. The second-order valence-corrected chi connectivity index (χ2v) is 3.67. The number of benzene rings is 1. The number of rotatable bonds is 4. The maximum absolute atomic E-state index is 10.7. The summed E-state index contributed by atoms with van der Waals surface area (Å²) in [7, 11) is 0. The van der Waals surface area contributed by atoms with Gasteiger partial charge >= 0.3 is 5.97 Å². The van der Waals surface area contributed by atoms with Gasteiger partial charge in [-0.15, -0.1) is 11.6 Å². The van der Waals surface area contributed by atoms with Crippen LogP contribution < -0.4 is 5.73 Å². The van der Waals surface area contributed by atoms with Gasteiger partial charge in [0, 0.05) is 5.69 Å². The normalized spacial score (nSPS) is 14.4. The van der Waals surface area contributed by atoms with Crippen LogP contribution in [0.25, 0.3) is 0 Å². The number of carbonyl (C=O) groups is 1. The molecule has 0 bridgehead atoms. The van der Waals surface area contributed by atoms with Crippen molar-refractivity contribution >= 4 is 23.3 Å². The lowest BCUT2D eigenvalue weighted by molar-refractivity contribution is 0.0326. The molecular formula is C10H12ClNO4. The van der Waals surface area contributed by atoms with E-state index >= 15 is 0 Å². The van der Waals surface area contributed by atoms with Crippen LogP contribution in [0.5, 0.6) is 0 Å². The summed E-state index contributed by atoms with van der Waals surface area (Å²) in [6.07, 6.45) is -2.41. The van der Waals surface area contributed by atoms with Crippen LogP contribution in [-0.2, 0) is 0 Å². The molecule has 1 rings (SSSR count). The highest BCUT2D eigenvalue weighted by Crippen LogP contribution is 2.22. The van der Waals surface area contributed by atoms with Crippen LogP contribution in [0.15, 0.2) is 18.2 Å². The molecule has 16 heavy (non-hydrogen) atoms. The van der Waals surface area contributed by atoms with E-state index in [-0.39, 0.29) is 22.7 Å². The zero-order valence-electron chi connectivity index (χ0n) is 8.30. The highest BCUT2D eigenvalue weighted by molar-refractivity contribution is 6.18. The van der Waals surface area contributed by atoms with E-state index < -0.39 is 18.2 Å². The molecule has 1 aromatic rings. The number of hydrogen-bond acceptors (Lipinski definition) is 4. The third-order valence-corrected chi connectivity index (χ3v) is 2.40. The number of carboxylic acids is 1. The van der Waals surface area contributed by atoms with E-state index in [1.165, 1.54) is 18.2 Å². The topological polar surface area (TPSA) is 104 Å². The standard InChI is InChI=1S/C10H12ClNO4/c11-4-8(13)9(14)5-1-6(10(15)16)3-7(12)2-5/h1-3,8-9,13-14H,4,12H2,(H,15,16). The summed E-state index contributed by atoms with van der Waals surface area (Å²) in [6.45, 7) is 0. The van der Waals surface area contributed by atoms with E-state index in [4.69, 9.17) is 22.4 Å². The molecule has 0 fully saturated rings. The van der Waals surface area contributed by atoms with Crippen molar-refractivity contribution in [1.29, 1.82) is 0 Å². The van der Waals surface area contributed by atoms with Gasteiger partial charge in [0.1, 0.15) is 6.10 Å². The van der Waals surface area contributed by atoms with E-state index in [9.17, 15) is 15.0 Å². The van der Waals surface area contributed by atoms with Gasteiger partial charge in [0.2, 0.25) is 0 Å². The summed E-state index contributed by atoms with van der Waals surface area (Å²) in [6, 6.07) is 3.91. The zero-order valence-corrected chi connectivity index (χ0v) is 9.05. The molecule has 0 aliphatic rings. The molecule has 1 aromatic carbocycles. The van der Waals surface area contributed by atoms with Crippen molar-refractivity contribution in [2.45, 2.75) is 12.2 Å². The third kappa shape index (κ3) is 2.85. The molecule has 2 atom stereocenters. The molecule has 0 radical (unpaired) electrons. The third-order valence-electron chi connectivity index (χ3n) is 2.09. The van der Waals surface area contributed by atoms with Gasteiger partial charge < -0.3 is 21.1 Å². The molecule has 0 saturated heterocycles. The minimum atomic E-state index is -1.25. The van der Waals surface area contributed by atoms with Crippen molar-refractivity contribution in [1.82, 2.24) is 0 Å². The van der Waals surface area contributed by atoms with Gasteiger partial charge in [-0.25, -0.2) is 4.79 Å². The summed E-state index contributed by atoms with van der Waals surface area (Å²) >= 11 is 5.38. The molecule has 0 aliphatic heterocycles. The van der Waals surface area contributed by atoms with Gasteiger partial charge in [0.15, 0.2) is 0 Å². The van der Waals surface area contributed by atoms with Crippen LogP contribution in [0.4, 0.5) is 5.69 Å². The SMILES string of the molecule is Nc1cc(C(=O)O)cc(C(O)C(O)CCl)c1. The van der Waals surface area contributed by atoms with Crippen molar-refractivity contribution < 1.29 is 20.1 Å². The number of carboxylic acid groups (broad SMARTS) is 1. The van der Waals surface area contributed by atoms with E-state index in [0.717, 1.165) is 0 Å². The van der Waals surface area contributed by atoms with Gasteiger partial charge in [-0.3, -0.25) is 0 Å². The Hall–Kier alpha value is -1.30. The minimum Gasteiger partial charge on any atom is -0.478 e. The fourth-order valence-electron chi connectivity index (χ4n) is 1.28. The summed E-state index contributed by atoms with van der Waals surface area (Å²) in [5, 5.41) is 27.8. The minimum absolute atomic E-state index is 0.0455. The molecule has 0 heterocycles. The Bertz CT molecular complexity index is 396. The first-order valence-corrected chi connectivity index (χ1v) is 5.05. The Morgan fingerprint density at radius 1 is 1.38 bits per heavy atom. The van der Waals surface area contributed by atoms with Crippen molar-refractivity contribution in [2.75, 3.05) is 11.6 Å². The lowest BCUT2D eigenvalue weighted by Gasteiger charge is -2.16. The lowest BCUT2D eigenvalue weighted by atomic mass is 10.0. The monoisotopic (exact) mass is 245 g/mol. The average molecular weight is 246 g/mol. The molecule has 0 saturated carbocycles. The molecular weight excluding hydrogens is 234 g/mol. The Morgan fingerprint density at radius 2 is 2.00 bits per heavy atom. The predicted molar refractivity (Wildman–Crippen MR) is 59.5 cm³/mol. The van der Waals surface area contributed by atoms with Crippen molar-refractivity contribution in [2.24, 2.45) is 0 Å². The fraction of sp³-hybridized carbons (Fsp3) is 0.300. The molecule has 0 spiro atoms. The number of aliphatic hydroxyl groups is 2. The number of aromatic carboxylic acids is 1. The Balaban J connectivity index is 3.09. The number of nitrogen functional groups attached to an aromatic ring is 1. The molecule has 0 aliphatic carbocycles. The first-order chi connectivity index (χ1) is 7.45. The molecule has 88 valence electrons. The number of hydrogen-bond donors (Lipinski definition) is 4. The fourth-order valence-corrected chi connectivity index (χ4v) is 1.45. The van der Waals surface area contributed by atoms with Crippen LogP contribution in [0, 0.1) is 0 Å².